The fourth-order valence-corrected chi connectivity index (χ4v) is 2.40. The molecule has 0 aliphatic rings. The zero-order valence-corrected chi connectivity index (χ0v) is 12.9. The molecule has 0 aliphatic heterocycles. The van der Waals surface area contributed by atoms with Gasteiger partial charge in [0, 0.05) is 12.3 Å². The highest BCUT2D eigenvalue weighted by atomic mass is 19.4. The van der Waals surface area contributed by atoms with Crippen LogP contribution in [0.25, 0.3) is 0 Å². The second-order valence-electron chi connectivity index (χ2n) is 5.31. The summed E-state index contributed by atoms with van der Waals surface area (Å²) < 4.78 is 92.0. The molecule has 0 spiro atoms. The minimum absolute atomic E-state index is 0.0949. The van der Waals surface area contributed by atoms with Gasteiger partial charge in [-0.05, 0) is 35.4 Å². The van der Waals surface area contributed by atoms with Crippen LogP contribution >= 0.6 is 0 Å². The Bertz CT molecular complexity index is 764. The molecule has 1 atom stereocenters. The maximum Gasteiger partial charge on any atom is 0.573 e. The van der Waals surface area contributed by atoms with Gasteiger partial charge in [-0.3, -0.25) is 0 Å². The Kier molecular flexibility index (Phi) is 5.58. The van der Waals surface area contributed by atoms with E-state index in [1.54, 1.807) is 0 Å². The molecule has 2 nitrogen and oxygen atoms in total. The Morgan fingerprint density at radius 2 is 1.50 bits per heavy atom. The van der Waals surface area contributed by atoms with E-state index >= 15 is 0 Å². The highest BCUT2D eigenvalue weighted by Crippen LogP contribution is 2.35. The van der Waals surface area contributed by atoms with Crippen LogP contribution in [0.1, 0.15) is 29.0 Å². The maximum atomic E-state index is 13.5. The van der Waals surface area contributed by atoms with Gasteiger partial charge in [0.05, 0.1) is 5.56 Å². The van der Waals surface area contributed by atoms with Crippen molar-refractivity contribution in [3.63, 3.8) is 0 Å². The molecule has 9 heteroatoms. The minimum Gasteiger partial charge on any atom is -0.403 e. The molecule has 0 heterocycles. The van der Waals surface area contributed by atoms with Crippen molar-refractivity contribution in [1.29, 1.82) is 0 Å². The number of carbonyl (C=O) groups excluding carboxylic acids is 1. The van der Waals surface area contributed by atoms with Crippen LogP contribution < -0.4 is 4.74 Å². The number of carbonyl (C=O) groups is 1. The van der Waals surface area contributed by atoms with E-state index in [9.17, 15) is 35.5 Å². The summed E-state index contributed by atoms with van der Waals surface area (Å²) >= 11 is 0. The molecule has 2 rings (SSSR count). The summed E-state index contributed by atoms with van der Waals surface area (Å²) in [5.74, 6) is -3.20. The first-order valence-corrected chi connectivity index (χ1v) is 7.17. The number of ether oxygens (including phenoxy) is 1. The van der Waals surface area contributed by atoms with Crippen molar-refractivity contribution >= 4 is 6.29 Å². The van der Waals surface area contributed by atoms with Crippen LogP contribution in [0.2, 0.25) is 0 Å². The summed E-state index contributed by atoms with van der Waals surface area (Å²) in [6.45, 7) is 0. The normalized spacial score (nSPS) is 13.3. The molecule has 2 aromatic rings. The molecule has 2 aromatic carbocycles. The first-order valence-electron chi connectivity index (χ1n) is 7.17. The molecule has 0 radical (unpaired) electrons. The summed E-state index contributed by atoms with van der Waals surface area (Å²) in [5, 5.41) is 0. The van der Waals surface area contributed by atoms with Gasteiger partial charge < -0.3 is 9.53 Å². The predicted octanol–water partition coefficient (Wildman–Crippen LogP) is 5.46. The molecule has 0 amide bonds. The number of rotatable bonds is 5. The third-order valence-electron chi connectivity index (χ3n) is 3.56. The lowest BCUT2D eigenvalue weighted by Crippen LogP contribution is -2.18. The molecule has 0 aliphatic carbocycles. The largest absolute Gasteiger partial charge is 0.573 e. The molecular formula is C17H11F7O2. The van der Waals surface area contributed by atoms with Crippen molar-refractivity contribution in [2.75, 3.05) is 0 Å². The first-order chi connectivity index (χ1) is 12.0. The number of benzene rings is 2. The van der Waals surface area contributed by atoms with E-state index in [1.807, 2.05) is 0 Å². The summed E-state index contributed by atoms with van der Waals surface area (Å²) in [4.78, 5) is 10.9. The van der Waals surface area contributed by atoms with E-state index in [-0.39, 0.29) is 17.5 Å². The van der Waals surface area contributed by atoms with Crippen LogP contribution in [0.3, 0.4) is 0 Å². The van der Waals surface area contributed by atoms with Gasteiger partial charge in [-0.25, -0.2) is 4.39 Å². The Hall–Kier alpha value is -2.58. The fourth-order valence-electron chi connectivity index (χ4n) is 2.40. The molecule has 0 bridgehead atoms. The van der Waals surface area contributed by atoms with Gasteiger partial charge in [-0.15, -0.1) is 13.2 Å². The molecular weight excluding hydrogens is 369 g/mol. The van der Waals surface area contributed by atoms with Crippen LogP contribution in [-0.4, -0.2) is 12.6 Å². The van der Waals surface area contributed by atoms with Gasteiger partial charge >= 0.3 is 12.5 Å². The van der Waals surface area contributed by atoms with Crippen LogP contribution in [0.5, 0.6) is 5.75 Å². The summed E-state index contributed by atoms with van der Waals surface area (Å²) in [7, 11) is 0. The zero-order valence-electron chi connectivity index (χ0n) is 12.9. The van der Waals surface area contributed by atoms with E-state index in [0.717, 1.165) is 42.5 Å². The van der Waals surface area contributed by atoms with Gasteiger partial charge in [0.2, 0.25) is 0 Å². The first kappa shape index (κ1) is 19.7. The zero-order chi connectivity index (χ0) is 19.5. The van der Waals surface area contributed by atoms with E-state index in [4.69, 9.17) is 0 Å². The number of hydrogen-bond donors (Lipinski definition) is 0. The monoisotopic (exact) mass is 380 g/mol. The van der Waals surface area contributed by atoms with Crippen molar-refractivity contribution in [2.24, 2.45) is 0 Å². The van der Waals surface area contributed by atoms with E-state index < -0.39 is 35.6 Å². The summed E-state index contributed by atoms with van der Waals surface area (Å²) in [5.41, 5.74) is -0.557. The van der Waals surface area contributed by atoms with Crippen LogP contribution in [0, 0.1) is 5.82 Å². The summed E-state index contributed by atoms with van der Waals surface area (Å²) in [6.07, 6.45) is -9.42. The Labute approximate surface area is 143 Å². The topological polar surface area (TPSA) is 26.3 Å². The lowest BCUT2D eigenvalue weighted by atomic mass is 9.88. The van der Waals surface area contributed by atoms with Crippen molar-refractivity contribution in [2.45, 2.75) is 24.9 Å². The Morgan fingerprint density at radius 3 is 2.00 bits per heavy atom. The molecule has 0 saturated carbocycles. The predicted molar refractivity (Wildman–Crippen MR) is 77.1 cm³/mol. The quantitative estimate of drug-likeness (QED) is 0.508. The van der Waals surface area contributed by atoms with Crippen molar-refractivity contribution in [3.8, 4) is 5.75 Å². The van der Waals surface area contributed by atoms with Crippen LogP contribution in [0.15, 0.2) is 42.5 Å². The standard InChI is InChI=1S/C17H11F7O2/c18-14-6-3-11(9-15(14)26-17(22,23)24)13(7-8-25)10-1-4-12(5-2-10)16(19,20)21/h1-6,8-9,13H,7H2. The van der Waals surface area contributed by atoms with Gasteiger partial charge in [0.25, 0.3) is 0 Å². The molecule has 0 N–H and O–H groups in total. The van der Waals surface area contributed by atoms with Gasteiger partial charge in [-0.1, -0.05) is 18.2 Å². The molecule has 0 aromatic heterocycles. The number of alkyl halides is 6. The Morgan fingerprint density at radius 1 is 0.923 bits per heavy atom. The average Bonchev–Trinajstić information content (AvgIpc) is 2.53. The molecule has 0 saturated heterocycles. The lowest BCUT2D eigenvalue weighted by molar-refractivity contribution is -0.275. The SMILES string of the molecule is O=CCC(c1ccc(C(F)(F)F)cc1)c1ccc(F)c(OC(F)(F)F)c1. The van der Waals surface area contributed by atoms with Gasteiger partial charge in [-0.2, -0.15) is 13.2 Å². The Balaban J connectivity index is 2.41. The van der Waals surface area contributed by atoms with E-state index in [1.165, 1.54) is 0 Å². The smallest absolute Gasteiger partial charge is 0.403 e. The molecule has 1 unspecified atom stereocenters. The van der Waals surface area contributed by atoms with Gasteiger partial charge in [0.15, 0.2) is 11.6 Å². The number of halogens is 7. The minimum atomic E-state index is -5.12. The van der Waals surface area contributed by atoms with Crippen molar-refractivity contribution < 1.29 is 40.3 Å². The van der Waals surface area contributed by atoms with Crippen molar-refractivity contribution in [1.82, 2.24) is 0 Å². The second kappa shape index (κ2) is 7.35. The number of aldehydes is 1. The molecule has 26 heavy (non-hydrogen) atoms. The van der Waals surface area contributed by atoms with E-state index in [0.29, 0.717) is 6.29 Å². The van der Waals surface area contributed by atoms with E-state index in [2.05, 4.69) is 4.74 Å². The van der Waals surface area contributed by atoms with Crippen molar-refractivity contribution in [3.05, 3.63) is 65.0 Å². The fraction of sp³-hybridized carbons (Fsp3) is 0.235. The highest BCUT2D eigenvalue weighted by Gasteiger charge is 2.33. The third-order valence-corrected chi connectivity index (χ3v) is 3.56. The van der Waals surface area contributed by atoms with Gasteiger partial charge in [0.1, 0.15) is 6.29 Å². The molecule has 140 valence electrons. The third kappa shape index (κ3) is 4.96. The summed E-state index contributed by atoms with van der Waals surface area (Å²) in [6, 6.07) is 6.47. The van der Waals surface area contributed by atoms with Crippen LogP contribution in [0.4, 0.5) is 30.7 Å². The highest BCUT2D eigenvalue weighted by molar-refractivity contribution is 5.54. The maximum absolute atomic E-state index is 13.5. The lowest BCUT2D eigenvalue weighted by Gasteiger charge is -2.18. The second-order valence-corrected chi connectivity index (χ2v) is 5.31. The number of hydrogen-bond acceptors (Lipinski definition) is 2. The average molecular weight is 380 g/mol. The molecule has 0 fully saturated rings. The van der Waals surface area contributed by atoms with Crippen LogP contribution in [-0.2, 0) is 11.0 Å².